The minimum atomic E-state index is 0.279. The van der Waals surface area contributed by atoms with Gasteiger partial charge >= 0.3 is 0 Å². The molecule has 0 unspecified atom stereocenters. The van der Waals surface area contributed by atoms with Crippen molar-refractivity contribution >= 4 is 18.0 Å². The van der Waals surface area contributed by atoms with Gasteiger partial charge in [-0.15, -0.1) is 0 Å². The predicted molar refractivity (Wildman–Crippen MR) is 50.5 cm³/mol. The zero-order chi connectivity index (χ0) is 9.10. The van der Waals surface area contributed by atoms with Crippen LogP contribution in [0.3, 0.4) is 0 Å². The average molecular weight is 194 g/mol. The molecule has 0 amide bonds. The SMILES string of the molecule is O=C[C@H]1C[C@@H](Sc2ncccn2)C1. The van der Waals surface area contributed by atoms with Crippen LogP contribution < -0.4 is 0 Å². The van der Waals surface area contributed by atoms with E-state index in [4.69, 9.17) is 0 Å². The maximum Gasteiger partial charge on any atom is 0.187 e. The zero-order valence-corrected chi connectivity index (χ0v) is 7.91. The molecule has 0 saturated heterocycles. The lowest BCUT2D eigenvalue weighted by molar-refractivity contribution is -0.112. The van der Waals surface area contributed by atoms with E-state index in [1.165, 1.54) is 0 Å². The van der Waals surface area contributed by atoms with E-state index in [0.717, 1.165) is 24.3 Å². The smallest absolute Gasteiger partial charge is 0.187 e. The molecule has 0 bridgehead atoms. The van der Waals surface area contributed by atoms with E-state index in [9.17, 15) is 4.79 Å². The molecule has 13 heavy (non-hydrogen) atoms. The van der Waals surface area contributed by atoms with Crippen LogP contribution in [0.2, 0.25) is 0 Å². The Morgan fingerprint density at radius 1 is 1.38 bits per heavy atom. The van der Waals surface area contributed by atoms with E-state index in [2.05, 4.69) is 9.97 Å². The maximum atomic E-state index is 10.3. The van der Waals surface area contributed by atoms with Gasteiger partial charge in [0.15, 0.2) is 5.16 Å². The summed E-state index contributed by atoms with van der Waals surface area (Å²) in [5.41, 5.74) is 0. The minimum Gasteiger partial charge on any atom is -0.303 e. The highest BCUT2D eigenvalue weighted by molar-refractivity contribution is 7.99. The molecule has 3 nitrogen and oxygen atoms in total. The number of thioether (sulfide) groups is 1. The van der Waals surface area contributed by atoms with E-state index in [1.54, 1.807) is 30.2 Å². The van der Waals surface area contributed by atoms with Gasteiger partial charge < -0.3 is 4.79 Å². The second kappa shape index (κ2) is 3.87. The van der Waals surface area contributed by atoms with Crippen molar-refractivity contribution in [2.45, 2.75) is 23.2 Å². The molecule has 0 N–H and O–H groups in total. The molecule has 1 fully saturated rings. The average Bonchev–Trinajstić information content (AvgIpc) is 2.12. The van der Waals surface area contributed by atoms with Gasteiger partial charge in [-0.3, -0.25) is 0 Å². The first kappa shape index (κ1) is 8.69. The molecule has 0 radical (unpaired) electrons. The molecule has 4 heteroatoms. The van der Waals surface area contributed by atoms with Crippen molar-refractivity contribution in [1.29, 1.82) is 0 Å². The highest BCUT2D eigenvalue weighted by Gasteiger charge is 2.29. The first-order valence-electron chi connectivity index (χ1n) is 4.27. The van der Waals surface area contributed by atoms with Gasteiger partial charge in [-0.05, 0) is 18.9 Å². The third-order valence-electron chi connectivity index (χ3n) is 2.14. The monoisotopic (exact) mass is 194 g/mol. The molecular weight excluding hydrogens is 184 g/mol. The Morgan fingerprint density at radius 2 is 2.08 bits per heavy atom. The third kappa shape index (κ3) is 2.06. The molecule has 1 heterocycles. The standard InChI is InChI=1S/C9H10N2OS/c12-6-7-4-8(5-7)13-9-10-2-1-3-11-9/h1-3,6-8H,4-5H2/t7-,8+. The minimum absolute atomic E-state index is 0.279. The summed E-state index contributed by atoms with van der Waals surface area (Å²) in [5.74, 6) is 0.279. The van der Waals surface area contributed by atoms with Gasteiger partial charge in [0.2, 0.25) is 0 Å². The van der Waals surface area contributed by atoms with Gasteiger partial charge in [-0.25, -0.2) is 9.97 Å². The van der Waals surface area contributed by atoms with Crippen LogP contribution >= 0.6 is 11.8 Å². The third-order valence-corrected chi connectivity index (χ3v) is 3.28. The first-order chi connectivity index (χ1) is 6.38. The van der Waals surface area contributed by atoms with Crippen molar-refractivity contribution in [2.75, 3.05) is 0 Å². The molecular formula is C9H10N2OS. The summed E-state index contributed by atoms with van der Waals surface area (Å²) in [4.78, 5) is 18.6. The van der Waals surface area contributed by atoms with E-state index in [0.29, 0.717) is 5.25 Å². The van der Waals surface area contributed by atoms with Gasteiger partial charge in [0.1, 0.15) is 6.29 Å². The zero-order valence-electron chi connectivity index (χ0n) is 7.09. The second-order valence-corrected chi connectivity index (χ2v) is 4.41. The van der Waals surface area contributed by atoms with Gasteiger partial charge in [0, 0.05) is 23.6 Å². The lowest BCUT2D eigenvalue weighted by Gasteiger charge is -2.29. The van der Waals surface area contributed by atoms with Gasteiger partial charge in [0.05, 0.1) is 0 Å². The molecule has 1 saturated carbocycles. The number of hydrogen-bond donors (Lipinski definition) is 0. The van der Waals surface area contributed by atoms with Crippen LogP contribution in [0.5, 0.6) is 0 Å². The van der Waals surface area contributed by atoms with Crippen molar-refractivity contribution < 1.29 is 4.79 Å². The van der Waals surface area contributed by atoms with Gasteiger partial charge in [-0.1, -0.05) is 11.8 Å². The van der Waals surface area contributed by atoms with Crippen molar-refractivity contribution in [3.63, 3.8) is 0 Å². The molecule has 2 rings (SSSR count). The number of aromatic nitrogens is 2. The molecule has 1 aromatic heterocycles. The van der Waals surface area contributed by atoms with E-state index in [1.807, 2.05) is 0 Å². The summed E-state index contributed by atoms with van der Waals surface area (Å²) in [6.45, 7) is 0. The van der Waals surface area contributed by atoms with Crippen LogP contribution in [0.15, 0.2) is 23.6 Å². The highest BCUT2D eigenvalue weighted by atomic mass is 32.2. The molecule has 68 valence electrons. The summed E-state index contributed by atoms with van der Waals surface area (Å²) in [6, 6.07) is 1.80. The molecule has 1 aromatic rings. The van der Waals surface area contributed by atoms with Crippen molar-refractivity contribution in [1.82, 2.24) is 9.97 Å². The van der Waals surface area contributed by atoms with Crippen LogP contribution in [-0.2, 0) is 4.79 Å². The van der Waals surface area contributed by atoms with E-state index in [-0.39, 0.29) is 5.92 Å². The Bertz CT molecular complexity index is 285. The Balaban J connectivity index is 1.84. The predicted octanol–water partition coefficient (Wildman–Crippen LogP) is 1.55. The van der Waals surface area contributed by atoms with Gasteiger partial charge in [0.25, 0.3) is 0 Å². The van der Waals surface area contributed by atoms with Crippen LogP contribution in [0, 0.1) is 5.92 Å². The Hall–Kier alpha value is -0.900. The van der Waals surface area contributed by atoms with Crippen LogP contribution in [0.25, 0.3) is 0 Å². The highest BCUT2D eigenvalue weighted by Crippen LogP contribution is 2.37. The number of carbonyl (C=O) groups is 1. The number of hydrogen-bond acceptors (Lipinski definition) is 4. The largest absolute Gasteiger partial charge is 0.303 e. The Morgan fingerprint density at radius 3 is 2.69 bits per heavy atom. The van der Waals surface area contributed by atoms with E-state index < -0.39 is 0 Å². The Kier molecular flexibility index (Phi) is 2.59. The van der Waals surface area contributed by atoms with Crippen LogP contribution in [0.4, 0.5) is 0 Å². The summed E-state index contributed by atoms with van der Waals surface area (Å²) >= 11 is 1.67. The van der Waals surface area contributed by atoms with Crippen molar-refractivity contribution in [3.8, 4) is 0 Å². The summed E-state index contributed by atoms with van der Waals surface area (Å²) in [5, 5.41) is 1.36. The molecule has 0 spiro atoms. The second-order valence-electron chi connectivity index (χ2n) is 3.14. The number of rotatable bonds is 3. The fourth-order valence-corrected chi connectivity index (χ4v) is 2.54. The number of nitrogens with zero attached hydrogens (tertiary/aromatic N) is 2. The summed E-state index contributed by atoms with van der Waals surface area (Å²) in [6.07, 6.45) is 6.48. The fraction of sp³-hybridized carbons (Fsp3) is 0.444. The summed E-state index contributed by atoms with van der Waals surface area (Å²) < 4.78 is 0. The normalized spacial score (nSPS) is 26.5. The van der Waals surface area contributed by atoms with Crippen LogP contribution in [0.1, 0.15) is 12.8 Å². The molecule has 1 aliphatic carbocycles. The molecule has 0 aromatic carbocycles. The topological polar surface area (TPSA) is 42.9 Å². The molecule has 0 aliphatic heterocycles. The molecule has 1 aliphatic rings. The van der Waals surface area contributed by atoms with Crippen LogP contribution in [-0.4, -0.2) is 21.5 Å². The van der Waals surface area contributed by atoms with E-state index >= 15 is 0 Å². The lowest BCUT2D eigenvalue weighted by Crippen LogP contribution is -2.26. The quantitative estimate of drug-likeness (QED) is 0.541. The number of carbonyl (C=O) groups excluding carboxylic acids is 1. The number of aldehydes is 1. The first-order valence-corrected chi connectivity index (χ1v) is 5.15. The summed E-state index contributed by atoms with van der Waals surface area (Å²) in [7, 11) is 0. The van der Waals surface area contributed by atoms with Gasteiger partial charge in [-0.2, -0.15) is 0 Å². The Labute approximate surface area is 81.0 Å². The van der Waals surface area contributed by atoms with Crippen molar-refractivity contribution in [3.05, 3.63) is 18.5 Å². The maximum absolute atomic E-state index is 10.3. The fourth-order valence-electron chi connectivity index (χ4n) is 1.31. The molecule has 0 atom stereocenters. The lowest BCUT2D eigenvalue weighted by atomic mass is 9.86. The van der Waals surface area contributed by atoms with Crippen molar-refractivity contribution in [2.24, 2.45) is 5.92 Å².